The Morgan fingerprint density at radius 1 is 0.348 bits per heavy atom. The maximum atomic E-state index is 11.5. The number of rotatable bonds is 43. The summed E-state index contributed by atoms with van der Waals surface area (Å²) < 4.78 is 78.5. The lowest BCUT2D eigenvalue weighted by atomic mass is 9.80. The van der Waals surface area contributed by atoms with Gasteiger partial charge in [-0.15, -0.1) is 0 Å². The molecule has 0 saturated heterocycles. The molecule has 66 heavy (non-hydrogen) atoms. The summed E-state index contributed by atoms with van der Waals surface area (Å²) >= 11 is 0. The molecule has 16 heteroatoms. The number of nitrogens with one attached hydrogen (secondary N) is 1. The Labute approximate surface area is 393 Å². The van der Waals surface area contributed by atoms with E-state index in [0.29, 0.717) is 172 Å². The van der Waals surface area contributed by atoms with Crippen LogP contribution in [0.4, 0.5) is 4.79 Å². The minimum absolute atomic E-state index is 0.378. The predicted molar refractivity (Wildman–Crippen MR) is 249 cm³/mol. The molecule has 1 amide bonds. The Morgan fingerprint density at radius 3 is 0.818 bits per heavy atom. The molecule has 0 aliphatic carbocycles. The summed E-state index contributed by atoms with van der Waals surface area (Å²) in [4.78, 5) is 11.5. The fourth-order valence-corrected chi connectivity index (χ4v) is 6.08. The van der Waals surface area contributed by atoms with Gasteiger partial charge in [-0.1, -0.05) is 91.0 Å². The van der Waals surface area contributed by atoms with Gasteiger partial charge in [-0.05, 0) is 37.5 Å². The van der Waals surface area contributed by atoms with Crippen molar-refractivity contribution in [3.8, 4) is 0 Å². The van der Waals surface area contributed by atoms with Crippen LogP contribution in [0.5, 0.6) is 0 Å². The summed E-state index contributed by atoms with van der Waals surface area (Å²) in [5.74, 6) is 0. The van der Waals surface area contributed by atoms with Crippen LogP contribution in [0.3, 0.4) is 0 Å². The van der Waals surface area contributed by atoms with Gasteiger partial charge in [-0.25, -0.2) is 4.79 Å². The van der Waals surface area contributed by atoms with E-state index in [4.69, 9.17) is 66.3 Å². The highest BCUT2D eigenvalue weighted by Gasteiger charge is 2.37. The van der Waals surface area contributed by atoms with Gasteiger partial charge in [0.2, 0.25) is 0 Å². The third kappa shape index (κ3) is 27.9. The summed E-state index contributed by atoms with van der Waals surface area (Å²) in [5.41, 5.74) is 1.91. The first-order valence-corrected chi connectivity index (χ1v) is 23.1. The van der Waals surface area contributed by atoms with Gasteiger partial charge in [0.25, 0.3) is 0 Å². The molecule has 3 aromatic rings. The van der Waals surface area contributed by atoms with E-state index in [-0.39, 0.29) is 0 Å². The maximum Gasteiger partial charge on any atom is 0.407 e. The predicted octanol–water partition coefficient (Wildman–Crippen LogP) is 5.72. The Hall–Kier alpha value is -3.59. The zero-order valence-corrected chi connectivity index (χ0v) is 39.7. The topological polar surface area (TPSA) is 158 Å². The highest BCUT2D eigenvalue weighted by Crippen LogP contribution is 2.40. The van der Waals surface area contributed by atoms with E-state index in [1.165, 1.54) is 0 Å². The van der Waals surface area contributed by atoms with Crippen molar-refractivity contribution in [3.05, 3.63) is 108 Å². The van der Waals surface area contributed by atoms with Gasteiger partial charge >= 0.3 is 6.09 Å². The van der Waals surface area contributed by atoms with Crippen molar-refractivity contribution in [2.24, 2.45) is 0 Å². The SMILES string of the molecule is CC(C)(C)OC(=O)NCCOCCOCCOCCOCCOCCOCCOCCOCCOCCOCCOCCOCCOC(c1ccccc1)(c1ccccc1)c1ccccc1. The largest absolute Gasteiger partial charge is 0.444 e. The van der Waals surface area contributed by atoms with Crippen LogP contribution >= 0.6 is 0 Å². The summed E-state index contributed by atoms with van der Waals surface area (Å²) in [6.45, 7) is 17.6. The number of carbonyl (C=O) groups excluding carboxylic acids is 1. The van der Waals surface area contributed by atoms with Gasteiger partial charge in [0.05, 0.1) is 165 Å². The lowest BCUT2D eigenvalue weighted by Gasteiger charge is -2.36. The Morgan fingerprint density at radius 2 is 0.576 bits per heavy atom. The van der Waals surface area contributed by atoms with E-state index in [1.807, 2.05) is 75.4 Å². The third-order valence-electron chi connectivity index (χ3n) is 9.09. The second kappa shape index (κ2) is 38.4. The molecule has 0 fully saturated rings. The van der Waals surface area contributed by atoms with Crippen molar-refractivity contribution in [1.82, 2.24) is 5.32 Å². The smallest absolute Gasteiger partial charge is 0.407 e. The number of benzene rings is 3. The summed E-state index contributed by atoms with van der Waals surface area (Å²) in [5, 5.41) is 2.63. The molecule has 0 saturated carbocycles. The maximum absolute atomic E-state index is 11.5. The monoisotopic (exact) mass is 932 g/mol. The zero-order chi connectivity index (χ0) is 46.9. The van der Waals surface area contributed by atoms with Crippen molar-refractivity contribution in [2.45, 2.75) is 32.0 Å². The first-order valence-electron chi connectivity index (χ1n) is 23.1. The standard InChI is InChI=1S/C50H77NO15/c1-49(2,3)66-48(52)51-19-20-53-21-22-54-23-24-55-25-26-56-27-28-57-29-30-58-31-32-59-33-34-60-35-36-61-37-38-62-39-40-63-41-42-64-43-44-65-50(45-13-7-4-8-14-45,46-15-9-5-10-16-46)47-17-11-6-12-18-47/h4-18H,19-44H2,1-3H3,(H,51,52). The fourth-order valence-electron chi connectivity index (χ4n) is 6.08. The van der Waals surface area contributed by atoms with Crippen molar-refractivity contribution in [2.75, 3.05) is 172 Å². The molecule has 0 atom stereocenters. The number of alkyl carbamates (subject to hydrolysis) is 1. The van der Waals surface area contributed by atoms with Crippen LogP contribution < -0.4 is 5.32 Å². The molecule has 372 valence electrons. The lowest BCUT2D eigenvalue weighted by Crippen LogP contribution is -2.34. The number of carbonyl (C=O) groups is 1. The first kappa shape index (κ1) is 56.7. The number of ether oxygens (including phenoxy) is 14. The minimum atomic E-state index is -0.759. The second-order valence-electron chi connectivity index (χ2n) is 15.4. The Bertz CT molecular complexity index is 1440. The van der Waals surface area contributed by atoms with Gasteiger partial charge in [0, 0.05) is 6.54 Å². The quantitative estimate of drug-likeness (QED) is 0.0543. The highest BCUT2D eigenvalue weighted by molar-refractivity contribution is 5.67. The van der Waals surface area contributed by atoms with Crippen molar-refractivity contribution >= 4 is 6.09 Å². The van der Waals surface area contributed by atoms with Gasteiger partial charge < -0.3 is 71.6 Å². The van der Waals surface area contributed by atoms with Gasteiger partial charge in [-0.3, -0.25) is 0 Å². The molecule has 0 heterocycles. The molecule has 0 unspecified atom stereocenters. The van der Waals surface area contributed by atoms with Crippen LogP contribution in [-0.2, 0) is 71.9 Å². The van der Waals surface area contributed by atoms with Crippen molar-refractivity contribution in [1.29, 1.82) is 0 Å². The molecule has 0 bridgehead atoms. The molecular formula is C50H77NO15. The molecule has 0 spiro atoms. The molecule has 1 N–H and O–H groups in total. The first-order chi connectivity index (χ1) is 32.4. The summed E-state index contributed by atoms with van der Waals surface area (Å²) in [6, 6.07) is 31.0. The van der Waals surface area contributed by atoms with Crippen molar-refractivity contribution < 1.29 is 71.1 Å². The Balaban J connectivity index is 0.980. The van der Waals surface area contributed by atoms with Crippen LogP contribution in [0, 0.1) is 0 Å². The highest BCUT2D eigenvalue weighted by atomic mass is 16.6. The van der Waals surface area contributed by atoms with Crippen LogP contribution in [-0.4, -0.2) is 183 Å². The molecular weight excluding hydrogens is 855 g/mol. The molecule has 0 aromatic heterocycles. The van der Waals surface area contributed by atoms with Gasteiger partial charge in [0.1, 0.15) is 11.2 Å². The van der Waals surface area contributed by atoms with Gasteiger partial charge in [0.15, 0.2) is 0 Å². The molecule has 16 nitrogen and oxygen atoms in total. The zero-order valence-electron chi connectivity index (χ0n) is 39.7. The molecule has 0 aliphatic rings. The third-order valence-corrected chi connectivity index (χ3v) is 9.09. The molecule has 0 aliphatic heterocycles. The fraction of sp³-hybridized carbons (Fsp3) is 0.620. The number of hydrogen-bond donors (Lipinski definition) is 1. The molecule has 3 rings (SSSR count). The average Bonchev–Trinajstić information content (AvgIpc) is 3.32. The van der Waals surface area contributed by atoms with E-state index in [9.17, 15) is 4.79 Å². The number of amides is 1. The summed E-state index contributed by atoms with van der Waals surface area (Å²) in [6.07, 6.45) is -0.455. The van der Waals surface area contributed by atoms with Crippen LogP contribution in [0.25, 0.3) is 0 Å². The Kier molecular flexibility index (Phi) is 33.0. The molecule has 3 aromatic carbocycles. The van der Waals surface area contributed by atoms with Crippen molar-refractivity contribution in [3.63, 3.8) is 0 Å². The minimum Gasteiger partial charge on any atom is -0.444 e. The van der Waals surface area contributed by atoms with Crippen LogP contribution in [0.2, 0.25) is 0 Å². The van der Waals surface area contributed by atoms with E-state index in [1.54, 1.807) is 0 Å². The van der Waals surface area contributed by atoms with Crippen LogP contribution in [0.15, 0.2) is 91.0 Å². The van der Waals surface area contributed by atoms with E-state index in [0.717, 1.165) is 16.7 Å². The van der Waals surface area contributed by atoms with E-state index < -0.39 is 17.3 Å². The second-order valence-corrected chi connectivity index (χ2v) is 15.4. The van der Waals surface area contributed by atoms with E-state index in [2.05, 4.69) is 41.7 Å². The summed E-state index contributed by atoms with van der Waals surface area (Å²) in [7, 11) is 0. The lowest BCUT2D eigenvalue weighted by molar-refractivity contribution is -0.0399. The molecule has 0 radical (unpaired) electrons. The average molecular weight is 932 g/mol. The normalized spacial score (nSPS) is 11.9. The van der Waals surface area contributed by atoms with Crippen LogP contribution in [0.1, 0.15) is 37.5 Å². The van der Waals surface area contributed by atoms with Gasteiger partial charge in [-0.2, -0.15) is 0 Å². The van der Waals surface area contributed by atoms with E-state index >= 15 is 0 Å². The number of hydrogen-bond acceptors (Lipinski definition) is 15.